The summed E-state index contributed by atoms with van der Waals surface area (Å²) in [7, 11) is 0. The van der Waals surface area contributed by atoms with Gasteiger partial charge in [0.2, 0.25) is 0 Å². The maximum Gasteiger partial charge on any atom is 0.185 e. The van der Waals surface area contributed by atoms with Gasteiger partial charge >= 0.3 is 0 Å². The van der Waals surface area contributed by atoms with Gasteiger partial charge in [-0.15, -0.1) is 0 Å². The van der Waals surface area contributed by atoms with Gasteiger partial charge in [-0.1, -0.05) is 29.3 Å². The lowest BCUT2D eigenvalue weighted by Crippen LogP contribution is -2.06. The van der Waals surface area contributed by atoms with E-state index in [1.54, 1.807) is 0 Å². The first-order valence-corrected chi connectivity index (χ1v) is 5.67. The quantitative estimate of drug-likeness (QED) is 0.457. The van der Waals surface area contributed by atoms with Crippen molar-refractivity contribution in [3.63, 3.8) is 0 Å². The Labute approximate surface area is 115 Å². The van der Waals surface area contributed by atoms with E-state index in [4.69, 9.17) is 28.9 Å². The summed E-state index contributed by atoms with van der Waals surface area (Å²) >= 11 is 11.5. The maximum absolute atomic E-state index is 13.8. The third-order valence-electron chi connectivity index (χ3n) is 2.51. The molecule has 0 bridgehead atoms. The van der Waals surface area contributed by atoms with Gasteiger partial charge in [-0.05, 0) is 12.1 Å². The Morgan fingerprint density at radius 2 is 1.16 bits per heavy atom. The van der Waals surface area contributed by atoms with E-state index >= 15 is 0 Å². The number of nitrogens with two attached hydrogens (primary N) is 1. The normalized spacial score (nSPS) is 10.8. The van der Waals surface area contributed by atoms with Crippen LogP contribution in [-0.2, 0) is 0 Å². The topological polar surface area (TPSA) is 26.0 Å². The minimum Gasteiger partial charge on any atom is -0.394 e. The molecule has 0 aliphatic carbocycles. The van der Waals surface area contributed by atoms with Gasteiger partial charge in [-0.2, -0.15) is 0 Å². The second-order valence-corrected chi connectivity index (χ2v) is 4.46. The number of benzene rings is 2. The summed E-state index contributed by atoms with van der Waals surface area (Å²) in [6, 6.07) is 4.00. The second kappa shape index (κ2) is 4.90. The van der Waals surface area contributed by atoms with Gasteiger partial charge in [-0.25, -0.2) is 17.6 Å². The third-order valence-corrected chi connectivity index (χ3v) is 3.14. The molecule has 19 heavy (non-hydrogen) atoms. The molecule has 0 saturated carbocycles. The predicted octanol–water partition coefficient (Wildman–Crippen LogP) is 4.80. The summed E-state index contributed by atoms with van der Waals surface area (Å²) in [6.45, 7) is 0. The highest BCUT2D eigenvalue weighted by Crippen LogP contribution is 2.40. The molecule has 0 aliphatic rings. The van der Waals surface area contributed by atoms with E-state index in [-0.39, 0.29) is 15.6 Å². The molecule has 2 aromatic rings. The molecule has 0 radical (unpaired) electrons. The van der Waals surface area contributed by atoms with Gasteiger partial charge in [0.25, 0.3) is 0 Å². The fourth-order valence-corrected chi connectivity index (χ4v) is 2.19. The zero-order chi connectivity index (χ0) is 14.3. The van der Waals surface area contributed by atoms with Crippen molar-refractivity contribution in [3.05, 3.63) is 51.5 Å². The van der Waals surface area contributed by atoms with Gasteiger partial charge in [0.15, 0.2) is 23.3 Å². The zero-order valence-corrected chi connectivity index (χ0v) is 10.6. The molecule has 0 saturated heterocycles. The first kappa shape index (κ1) is 14.0. The molecule has 0 amide bonds. The molecule has 2 aromatic carbocycles. The van der Waals surface area contributed by atoms with Gasteiger partial charge in [-0.3, -0.25) is 0 Å². The van der Waals surface area contributed by atoms with E-state index in [9.17, 15) is 17.6 Å². The molecule has 1 nitrogen and oxygen atoms in total. The minimum absolute atomic E-state index is 0.145. The predicted molar refractivity (Wildman–Crippen MR) is 66.1 cm³/mol. The van der Waals surface area contributed by atoms with Crippen LogP contribution in [0.15, 0.2) is 18.2 Å². The van der Waals surface area contributed by atoms with Gasteiger partial charge in [0.05, 0.1) is 15.6 Å². The number of rotatable bonds is 1. The molecule has 0 unspecified atom stereocenters. The fraction of sp³-hybridized carbons (Fsp3) is 0. The monoisotopic (exact) mass is 309 g/mol. The van der Waals surface area contributed by atoms with Crippen molar-refractivity contribution in [2.75, 3.05) is 5.73 Å². The van der Waals surface area contributed by atoms with E-state index in [2.05, 4.69) is 0 Å². The lowest BCUT2D eigenvalue weighted by molar-refractivity contribution is 0.464. The van der Waals surface area contributed by atoms with Crippen LogP contribution in [0.1, 0.15) is 0 Å². The lowest BCUT2D eigenvalue weighted by atomic mass is 10.0. The van der Waals surface area contributed by atoms with Crippen LogP contribution in [0.25, 0.3) is 11.1 Å². The van der Waals surface area contributed by atoms with E-state index < -0.39 is 34.5 Å². The van der Waals surface area contributed by atoms with Crippen LogP contribution in [0.3, 0.4) is 0 Å². The number of hydrogen-bond donors (Lipinski definition) is 1. The molecule has 0 heterocycles. The average Bonchev–Trinajstić information content (AvgIpc) is 2.37. The van der Waals surface area contributed by atoms with Crippen LogP contribution in [0, 0.1) is 23.3 Å². The largest absolute Gasteiger partial charge is 0.394 e. The van der Waals surface area contributed by atoms with Crippen LogP contribution in [0.5, 0.6) is 0 Å². The number of halogens is 6. The highest BCUT2D eigenvalue weighted by Gasteiger charge is 2.27. The van der Waals surface area contributed by atoms with E-state index in [0.29, 0.717) is 0 Å². The van der Waals surface area contributed by atoms with E-state index in [0.717, 1.165) is 0 Å². The van der Waals surface area contributed by atoms with Gasteiger partial charge in [0.1, 0.15) is 5.69 Å². The molecule has 0 fully saturated rings. The molecule has 2 N–H and O–H groups in total. The summed E-state index contributed by atoms with van der Waals surface area (Å²) in [5, 5.41) is -0.289. The van der Waals surface area contributed by atoms with Crippen LogP contribution in [0.2, 0.25) is 10.0 Å². The van der Waals surface area contributed by atoms with Crippen LogP contribution < -0.4 is 5.73 Å². The summed E-state index contributed by atoms with van der Waals surface area (Å²) in [5.41, 5.74) is 2.36. The minimum atomic E-state index is -1.69. The average molecular weight is 310 g/mol. The Kier molecular flexibility index (Phi) is 3.60. The highest BCUT2D eigenvalue weighted by molar-refractivity contribution is 6.39. The zero-order valence-electron chi connectivity index (χ0n) is 9.08. The Balaban J connectivity index is 2.92. The first-order valence-electron chi connectivity index (χ1n) is 4.92. The number of nitrogen functional groups attached to an aromatic ring is 1. The Bertz CT molecular complexity index is 624. The second-order valence-electron chi connectivity index (χ2n) is 3.64. The van der Waals surface area contributed by atoms with E-state index in [1.807, 2.05) is 0 Å². The summed E-state index contributed by atoms with van der Waals surface area (Å²) in [4.78, 5) is 0. The summed E-state index contributed by atoms with van der Waals surface area (Å²) < 4.78 is 54.3. The molecule has 0 spiro atoms. The van der Waals surface area contributed by atoms with E-state index in [1.165, 1.54) is 18.2 Å². The molecule has 2 rings (SSSR count). The van der Waals surface area contributed by atoms with Gasteiger partial charge in [0, 0.05) is 5.56 Å². The number of hydrogen-bond acceptors (Lipinski definition) is 1. The Hall–Kier alpha value is -1.46. The summed E-state index contributed by atoms with van der Waals surface area (Å²) in [5.74, 6) is -6.67. The van der Waals surface area contributed by atoms with Crippen molar-refractivity contribution in [2.45, 2.75) is 0 Å². The maximum atomic E-state index is 13.8. The molecular weight excluding hydrogens is 305 g/mol. The van der Waals surface area contributed by atoms with Crippen molar-refractivity contribution in [3.8, 4) is 11.1 Å². The smallest absolute Gasteiger partial charge is 0.185 e. The van der Waals surface area contributed by atoms with Crippen molar-refractivity contribution < 1.29 is 17.6 Å². The highest BCUT2D eigenvalue weighted by atomic mass is 35.5. The number of anilines is 1. The van der Waals surface area contributed by atoms with Gasteiger partial charge < -0.3 is 5.73 Å². The van der Waals surface area contributed by atoms with Crippen molar-refractivity contribution in [1.82, 2.24) is 0 Å². The van der Waals surface area contributed by atoms with Crippen LogP contribution >= 0.6 is 23.2 Å². The Morgan fingerprint density at radius 1 is 0.737 bits per heavy atom. The lowest BCUT2D eigenvalue weighted by Gasteiger charge is -2.12. The van der Waals surface area contributed by atoms with Crippen molar-refractivity contribution in [2.24, 2.45) is 0 Å². The summed E-state index contributed by atoms with van der Waals surface area (Å²) in [6.07, 6.45) is 0. The SMILES string of the molecule is Nc1c(F)c(F)c(-c2c(Cl)cccc2Cl)c(F)c1F. The van der Waals surface area contributed by atoms with Crippen molar-refractivity contribution >= 4 is 28.9 Å². The molecule has 0 aromatic heterocycles. The van der Waals surface area contributed by atoms with Crippen LogP contribution in [0.4, 0.5) is 23.2 Å². The first-order chi connectivity index (χ1) is 8.86. The molecule has 0 atom stereocenters. The standard InChI is InChI=1S/C12H5Cl2F4N/c13-4-2-1-3-5(14)6(4)7-8(15)10(17)12(19)11(18)9(7)16/h1-3H,19H2. The fourth-order valence-electron chi connectivity index (χ4n) is 1.60. The molecular formula is C12H5Cl2F4N. The van der Waals surface area contributed by atoms with Crippen molar-refractivity contribution in [1.29, 1.82) is 0 Å². The molecule has 0 aliphatic heterocycles. The Morgan fingerprint density at radius 3 is 1.58 bits per heavy atom. The molecule has 100 valence electrons. The molecule has 7 heteroatoms. The third kappa shape index (κ3) is 2.13. The van der Waals surface area contributed by atoms with Crippen LogP contribution in [-0.4, -0.2) is 0 Å².